The molecule has 3 N–H and O–H groups in total. The van der Waals surface area contributed by atoms with E-state index in [-0.39, 0.29) is 37.1 Å². The Morgan fingerprint density at radius 3 is 2.32 bits per heavy atom. The molecule has 0 unspecified atom stereocenters. The summed E-state index contributed by atoms with van der Waals surface area (Å²) < 4.78 is 5.83. The fourth-order valence-electron chi connectivity index (χ4n) is 2.48. The van der Waals surface area contributed by atoms with Crippen LogP contribution in [0.2, 0.25) is 0 Å². The largest absolute Gasteiger partial charge is 0.494 e. The number of carbonyl (C=O) groups excluding carboxylic acids is 2. The predicted octanol–water partition coefficient (Wildman–Crippen LogP) is 2.65. The molecule has 1 aromatic heterocycles. The second-order valence-electron chi connectivity index (χ2n) is 7.51. The Hall–Kier alpha value is -3.14. The second kappa shape index (κ2) is 10.8. The van der Waals surface area contributed by atoms with E-state index in [1.54, 1.807) is 19.1 Å². The highest BCUT2D eigenvalue weighted by molar-refractivity contribution is 7.81. The summed E-state index contributed by atoms with van der Waals surface area (Å²) >= 11 is 4.32. The summed E-state index contributed by atoms with van der Waals surface area (Å²) in [7, 11) is 0. The normalized spacial score (nSPS) is 11.8. The lowest BCUT2D eigenvalue weighted by Gasteiger charge is -2.15. The molecule has 0 fully saturated rings. The number of nitrogens with one attached hydrogen (secondary N) is 1. The molecule has 1 heterocycles. The summed E-state index contributed by atoms with van der Waals surface area (Å²) in [5.74, 6) is -0.945. The molecular weight excluding hydrogens is 422 g/mol. The van der Waals surface area contributed by atoms with Crippen LogP contribution in [0.1, 0.15) is 45.6 Å². The lowest BCUT2D eigenvalue weighted by atomic mass is 10.1. The molecule has 2 rings (SSSR count). The molecule has 0 radical (unpaired) electrons. The minimum absolute atomic E-state index is 0.0453. The van der Waals surface area contributed by atoms with Gasteiger partial charge in [0.25, 0.3) is 0 Å². The number of hydrazone groups is 1. The molecule has 1 amide bonds. The van der Waals surface area contributed by atoms with Gasteiger partial charge in [0.2, 0.25) is 17.7 Å². The van der Waals surface area contributed by atoms with Gasteiger partial charge in [0.15, 0.2) is 0 Å². The first-order valence-electron chi connectivity index (χ1n) is 9.65. The van der Waals surface area contributed by atoms with Gasteiger partial charge < -0.3 is 19.8 Å². The Labute approximate surface area is 186 Å². The molecule has 0 aliphatic carbocycles. The number of nitrogens with zero attached hydrogens (tertiary/aromatic N) is 2. The Balaban J connectivity index is 1.75. The average Bonchev–Trinajstić information content (AvgIpc) is 3.00. The van der Waals surface area contributed by atoms with Crippen LogP contribution in [0.3, 0.4) is 0 Å². The van der Waals surface area contributed by atoms with Crippen LogP contribution in [0.5, 0.6) is 17.5 Å². The monoisotopic (exact) mass is 449 g/mol. The van der Waals surface area contributed by atoms with E-state index >= 15 is 0 Å². The number of hydrogen-bond donors (Lipinski definition) is 4. The van der Waals surface area contributed by atoms with Crippen molar-refractivity contribution >= 4 is 30.2 Å². The molecule has 0 saturated carbocycles. The summed E-state index contributed by atoms with van der Waals surface area (Å²) in [4.78, 5) is 28.4. The Kier molecular flexibility index (Phi) is 8.38. The number of hydrogen-bond acceptors (Lipinski definition) is 8. The van der Waals surface area contributed by atoms with Crippen LogP contribution in [0.25, 0.3) is 0 Å². The number of rotatable bonds is 10. The lowest BCUT2D eigenvalue weighted by molar-refractivity contribution is -0.145. The summed E-state index contributed by atoms with van der Waals surface area (Å²) in [5, 5.41) is 23.0. The van der Waals surface area contributed by atoms with E-state index in [2.05, 4.69) is 23.2 Å². The van der Waals surface area contributed by atoms with Crippen molar-refractivity contribution in [2.45, 2.75) is 44.8 Å². The molecular formula is C21H27N3O6S. The minimum atomic E-state index is -0.615. The summed E-state index contributed by atoms with van der Waals surface area (Å²) in [6.45, 7) is 5.77. The van der Waals surface area contributed by atoms with Crippen molar-refractivity contribution in [3.63, 3.8) is 0 Å². The first-order valence-corrected chi connectivity index (χ1v) is 10.1. The van der Waals surface area contributed by atoms with Gasteiger partial charge in [-0.15, -0.1) is 4.73 Å². The van der Waals surface area contributed by atoms with Crippen LogP contribution in [-0.4, -0.2) is 43.9 Å². The fraction of sp³-hybridized carbons (Fsp3) is 0.381. The number of benzene rings is 1. The molecule has 0 atom stereocenters. The minimum Gasteiger partial charge on any atom is -0.494 e. The third-order valence-corrected chi connectivity index (χ3v) is 4.16. The van der Waals surface area contributed by atoms with Gasteiger partial charge in [-0.05, 0) is 43.2 Å². The van der Waals surface area contributed by atoms with Gasteiger partial charge >= 0.3 is 5.97 Å². The third-order valence-electron chi connectivity index (χ3n) is 4.00. The maximum Gasteiger partial charge on any atom is 0.333 e. The van der Waals surface area contributed by atoms with E-state index in [0.717, 1.165) is 5.56 Å². The standard InChI is InChI=1S/C21H27N3O6S/c1-14(22-23-17(25)13-21(2,3)31)15-6-8-16(9-7-15)29-12-4-5-20(28)30-24-18(26)10-11-19(24)27/h6-11,26-27,31H,4-5,12-13H2,1-3H3,(H,23,25). The maximum atomic E-state index is 11.8. The first kappa shape index (κ1) is 24.1. The maximum absolute atomic E-state index is 11.8. The van der Waals surface area contributed by atoms with Crippen molar-refractivity contribution in [1.29, 1.82) is 0 Å². The van der Waals surface area contributed by atoms with Crippen LogP contribution >= 0.6 is 12.6 Å². The van der Waals surface area contributed by atoms with E-state index in [4.69, 9.17) is 9.57 Å². The number of amides is 1. The Bertz CT molecular complexity index is 912. The Morgan fingerprint density at radius 1 is 1.13 bits per heavy atom. The highest BCUT2D eigenvalue weighted by atomic mass is 32.1. The third kappa shape index (κ3) is 8.25. The van der Waals surface area contributed by atoms with E-state index in [1.807, 2.05) is 26.0 Å². The van der Waals surface area contributed by atoms with E-state index in [1.165, 1.54) is 12.1 Å². The molecule has 168 valence electrons. The average molecular weight is 450 g/mol. The van der Waals surface area contributed by atoms with Gasteiger partial charge in [-0.3, -0.25) is 4.79 Å². The molecule has 0 aliphatic heterocycles. The van der Waals surface area contributed by atoms with Crippen molar-refractivity contribution in [2.24, 2.45) is 5.10 Å². The highest BCUT2D eigenvalue weighted by Gasteiger charge is 2.16. The van der Waals surface area contributed by atoms with Crippen LogP contribution in [0.15, 0.2) is 41.5 Å². The van der Waals surface area contributed by atoms with Crippen LogP contribution in [-0.2, 0) is 9.59 Å². The van der Waals surface area contributed by atoms with Gasteiger partial charge in [-0.2, -0.15) is 17.7 Å². The van der Waals surface area contributed by atoms with Crippen molar-refractivity contribution < 1.29 is 29.4 Å². The van der Waals surface area contributed by atoms with Crippen molar-refractivity contribution in [2.75, 3.05) is 6.61 Å². The second-order valence-corrected chi connectivity index (χ2v) is 8.72. The van der Waals surface area contributed by atoms with E-state index in [0.29, 0.717) is 22.6 Å². The zero-order chi connectivity index (χ0) is 23.0. The van der Waals surface area contributed by atoms with Gasteiger partial charge in [0.05, 0.1) is 18.7 Å². The lowest BCUT2D eigenvalue weighted by Crippen LogP contribution is -2.26. The SMILES string of the molecule is CC(=NNC(=O)CC(C)(C)S)c1ccc(OCCCC(=O)On2c(O)ccc2O)cc1. The molecule has 0 saturated heterocycles. The van der Waals surface area contributed by atoms with E-state index in [9.17, 15) is 19.8 Å². The summed E-state index contributed by atoms with van der Waals surface area (Å²) in [5.41, 5.74) is 3.99. The van der Waals surface area contributed by atoms with Crippen molar-refractivity contribution in [1.82, 2.24) is 10.2 Å². The topological polar surface area (TPSA) is 122 Å². The van der Waals surface area contributed by atoms with Gasteiger partial charge in [0.1, 0.15) is 5.75 Å². The zero-order valence-corrected chi connectivity index (χ0v) is 18.6. The highest BCUT2D eigenvalue weighted by Crippen LogP contribution is 2.19. The smallest absolute Gasteiger partial charge is 0.333 e. The Morgan fingerprint density at radius 2 is 1.74 bits per heavy atom. The zero-order valence-electron chi connectivity index (χ0n) is 17.7. The van der Waals surface area contributed by atoms with E-state index < -0.39 is 10.7 Å². The van der Waals surface area contributed by atoms with Crippen LogP contribution in [0.4, 0.5) is 0 Å². The quantitative estimate of drug-likeness (QED) is 0.191. The summed E-state index contributed by atoms with van der Waals surface area (Å²) in [6.07, 6.45) is 0.683. The molecule has 2 aromatic rings. The molecule has 9 nitrogen and oxygen atoms in total. The van der Waals surface area contributed by atoms with Gasteiger partial charge in [0, 0.05) is 23.3 Å². The van der Waals surface area contributed by atoms with Gasteiger partial charge in [-0.1, -0.05) is 13.8 Å². The van der Waals surface area contributed by atoms with Crippen LogP contribution in [0, 0.1) is 0 Å². The molecule has 0 bridgehead atoms. The first-order chi connectivity index (χ1) is 14.5. The molecule has 1 aromatic carbocycles. The molecule has 0 spiro atoms. The fourth-order valence-corrected chi connectivity index (χ4v) is 2.63. The molecule has 0 aliphatic rings. The number of ether oxygens (including phenoxy) is 1. The van der Waals surface area contributed by atoms with Crippen molar-refractivity contribution in [3.8, 4) is 17.5 Å². The summed E-state index contributed by atoms with van der Waals surface area (Å²) in [6, 6.07) is 9.57. The van der Waals surface area contributed by atoms with Crippen molar-refractivity contribution in [3.05, 3.63) is 42.0 Å². The molecule has 31 heavy (non-hydrogen) atoms. The number of aromatic nitrogens is 1. The number of thiol groups is 1. The number of carbonyl (C=O) groups is 2. The van der Waals surface area contributed by atoms with Crippen LogP contribution < -0.4 is 15.0 Å². The number of aromatic hydroxyl groups is 2. The predicted molar refractivity (Wildman–Crippen MR) is 119 cm³/mol. The molecule has 10 heteroatoms. The van der Waals surface area contributed by atoms with Gasteiger partial charge in [-0.25, -0.2) is 10.2 Å².